The molecule has 0 aromatic heterocycles. The molecule has 114 valence electrons. The van der Waals surface area contributed by atoms with E-state index in [1.54, 1.807) is 0 Å². The topological polar surface area (TPSA) is 44.4 Å². The largest absolute Gasteiger partial charge is 0.325 e. The molecule has 0 saturated carbocycles. The van der Waals surface area contributed by atoms with Gasteiger partial charge in [0.05, 0.1) is 6.54 Å². The quantitative estimate of drug-likeness (QED) is 0.886. The minimum Gasteiger partial charge on any atom is -0.325 e. The molecule has 2 aliphatic rings. The summed E-state index contributed by atoms with van der Waals surface area (Å²) in [5.41, 5.74) is 2.19. The molecule has 2 saturated heterocycles. The van der Waals surface area contributed by atoms with E-state index in [-0.39, 0.29) is 5.91 Å². The number of hydrogen-bond donors (Lipinski definition) is 2. The molecule has 2 heterocycles. The second kappa shape index (κ2) is 6.58. The minimum atomic E-state index is 0.101. The van der Waals surface area contributed by atoms with Crippen molar-refractivity contribution in [1.82, 2.24) is 10.2 Å². The van der Waals surface area contributed by atoms with E-state index in [2.05, 4.69) is 34.6 Å². The van der Waals surface area contributed by atoms with Crippen LogP contribution in [0.2, 0.25) is 0 Å². The molecule has 4 nitrogen and oxygen atoms in total. The fraction of sp³-hybridized carbons (Fsp3) is 0.588. The van der Waals surface area contributed by atoms with Crippen molar-refractivity contribution in [1.29, 1.82) is 0 Å². The summed E-state index contributed by atoms with van der Waals surface area (Å²) in [6.07, 6.45) is 2.24. The monoisotopic (exact) mass is 287 g/mol. The predicted octanol–water partition coefficient (Wildman–Crippen LogP) is 1.73. The van der Waals surface area contributed by atoms with E-state index < -0.39 is 0 Å². The number of carbonyl (C=O) groups is 1. The summed E-state index contributed by atoms with van der Waals surface area (Å²) in [6, 6.07) is 8.13. The Kier molecular flexibility index (Phi) is 4.56. The summed E-state index contributed by atoms with van der Waals surface area (Å²) in [6.45, 7) is 7.02. The van der Waals surface area contributed by atoms with Crippen molar-refractivity contribution in [2.45, 2.75) is 19.8 Å². The van der Waals surface area contributed by atoms with Crippen LogP contribution >= 0.6 is 0 Å². The minimum absolute atomic E-state index is 0.101. The lowest BCUT2D eigenvalue weighted by atomic mass is 9.89. The van der Waals surface area contributed by atoms with Crippen LogP contribution in [0.3, 0.4) is 0 Å². The second-order valence-corrected chi connectivity index (χ2v) is 6.30. The summed E-state index contributed by atoms with van der Waals surface area (Å²) in [5, 5.41) is 6.47. The first kappa shape index (κ1) is 14.5. The lowest BCUT2D eigenvalue weighted by molar-refractivity contribution is -0.117. The SMILES string of the molecule is CCc1ccc(NC(=O)CN2CCC3CNCC3C2)cc1. The molecular weight excluding hydrogens is 262 g/mol. The van der Waals surface area contributed by atoms with E-state index >= 15 is 0 Å². The maximum absolute atomic E-state index is 12.2. The number of anilines is 1. The molecular formula is C17H25N3O. The molecule has 21 heavy (non-hydrogen) atoms. The van der Waals surface area contributed by atoms with Crippen molar-refractivity contribution in [3.8, 4) is 0 Å². The molecule has 4 heteroatoms. The summed E-state index contributed by atoms with van der Waals surface area (Å²) in [5.74, 6) is 1.66. The second-order valence-electron chi connectivity index (χ2n) is 6.30. The zero-order chi connectivity index (χ0) is 14.7. The van der Waals surface area contributed by atoms with E-state index in [1.807, 2.05) is 12.1 Å². The maximum atomic E-state index is 12.2. The van der Waals surface area contributed by atoms with Crippen LogP contribution in [0.4, 0.5) is 5.69 Å². The van der Waals surface area contributed by atoms with E-state index in [0.29, 0.717) is 6.54 Å². The van der Waals surface area contributed by atoms with Crippen LogP contribution in [0.25, 0.3) is 0 Å². The average molecular weight is 287 g/mol. The normalized spacial score (nSPS) is 25.6. The van der Waals surface area contributed by atoms with Crippen molar-refractivity contribution in [3.05, 3.63) is 29.8 Å². The van der Waals surface area contributed by atoms with Crippen LogP contribution in [0, 0.1) is 11.8 Å². The number of nitrogens with zero attached hydrogens (tertiary/aromatic N) is 1. The van der Waals surface area contributed by atoms with Gasteiger partial charge in [-0.25, -0.2) is 0 Å². The number of carbonyl (C=O) groups excluding carboxylic acids is 1. The Morgan fingerprint density at radius 1 is 1.29 bits per heavy atom. The van der Waals surface area contributed by atoms with Gasteiger partial charge >= 0.3 is 0 Å². The lowest BCUT2D eigenvalue weighted by Gasteiger charge is -2.33. The number of benzene rings is 1. The van der Waals surface area contributed by atoms with E-state index in [0.717, 1.165) is 50.1 Å². The fourth-order valence-corrected chi connectivity index (χ4v) is 3.48. The number of likely N-dealkylation sites (tertiary alicyclic amines) is 1. The van der Waals surface area contributed by atoms with Crippen LogP contribution in [-0.4, -0.2) is 43.5 Å². The van der Waals surface area contributed by atoms with Gasteiger partial charge in [0.25, 0.3) is 0 Å². The number of piperidine rings is 1. The smallest absolute Gasteiger partial charge is 0.238 e. The van der Waals surface area contributed by atoms with Crippen molar-refractivity contribution < 1.29 is 4.79 Å². The van der Waals surface area contributed by atoms with Crippen LogP contribution in [0.5, 0.6) is 0 Å². The van der Waals surface area contributed by atoms with E-state index in [4.69, 9.17) is 0 Å². The number of amides is 1. The Labute approximate surface area is 126 Å². The number of rotatable bonds is 4. The maximum Gasteiger partial charge on any atom is 0.238 e. The van der Waals surface area contributed by atoms with Gasteiger partial charge < -0.3 is 10.6 Å². The van der Waals surface area contributed by atoms with Crippen LogP contribution in [0.1, 0.15) is 18.9 Å². The first-order chi connectivity index (χ1) is 10.2. The third-order valence-corrected chi connectivity index (χ3v) is 4.80. The Bertz CT molecular complexity index is 485. The molecule has 2 unspecified atom stereocenters. The highest BCUT2D eigenvalue weighted by Gasteiger charge is 2.33. The number of aryl methyl sites for hydroxylation is 1. The molecule has 0 aliphatic carbocycles. The van der Waals surface area contributed by atoms with Gasteiger partial charge in [0.15, 0.2) is 0 Å². The standard InChI is InChI=1S/C17H25N3O/c1-2-13-3-5-16(6-4-13)19-17(21)12-20-8-7-14-9-18-10-15(14)11-20/h3-6,14-15,18H,2,7-12H2,1H3,(H,19,21). The van der Waals surface area contributed by atoms with Gasteiger partial charge in [-0.2, -0.15) is 0 Å². The molecule has 0 radical (unpaired) electrons. The van der Waals surface area contributed by atoms with Gasteiger partial charge in [-0.1, -0.05) is 19.1 Å². The summed E-state index contributed by atoms with van der Waals surface area (Å²) >= 11 is 0. The van der Waals surface area contributed by atoms with Gasteiger partial charge in [-0.3, -0.25) is 9.69 Å². The molecule has 3 rings (SSSR count). The van der Waals surface area contributed by atoms with Gasteiger partial charge in [0.1, 0.15) is 0 Å². The fourth-order valence-electron chi connectivity index (χ4n) is 3.48. The van der Waals surface area contributed by atoms with Crippen molar-refractivity contribution in [2.75, 3.05) is 38.0 Å². The number of hydrogen-bond acceptors (Lipinski definition) is 3. The van der Waals surface area contributed by atoms with Crippen LogP contribution in [0.15, 0.2) is 24.3 Å². The molecule has 2 atom stereocenters. The molecule has 0 spiro atoms. The van der Waals surface area contributed by atoms with Crippen LogP contribution < -0.4 is 10.6 Å². The lowest BCUT2D eigenvalue weighted by Crippen LogP contribution is -2.43. The summed E-state index contributed by atoms with van der Waals surface area (Å²) < 4.78 is 0. The Morgan fingerprint density at radius 3 is 2.81 bits per heavy atom. The van der Waals surface area contributed by atoms with Crippen molar-refractivity contribution in [3.63, 3.8) is 0 Å². The van der Waals surface area contributed by atoms with E-state index in [1.165, 1.54) is 12.0 Å². The van der Waals surface area contributed by atoms with Crippen molar-refractivity contribution >= 4 is 11.6 Å². The van der Waals surface area contributed by atoms with Gasteiger partial charge in [0.2, 0.25) is 5.91 Å². The van der Waals surface area contributed by atoms with Gasteiger partial charge in [0, 0.05) is 12.2 Å². The van der Waals surface area contributed by atoms with Crippen molar-refractivity contribution in [2.24, 2.45) is 11.8 Å². The third kappa shape index (κ3) is 3.63. The van der Waals surface area contributed by atoms with Crippen LogP contribution in [-0.2, 0) is 11.2 Å². The molecule has 0 bridgehead atoms. The highest BCUT2D eigenvalue weighted by molar-refractivity contribution is 5.92. The Balaban J connectivity index is 1.49. The Hall–Kier alpha value is -1.39. The molecule has 2 N–H and O–H groups in total. The molecule has 2 aliphatic heterocycles. The number of fused-ring (bicyclic) bond motifs is 1. The van der Waals surface area contributed by atoms with E-state index in [9.17, 15) is 4.79 Å². The average Bonchev–Trinajstić information content (AvgIpc) is 2.95. The van der Waals surface area contributed by atoms with Gasteiger partial charge in [-0.05, 0) is 62.0 Å². The third-order valence-electron chi connectivity index (χ3n) is 4.80. The molecule has 2 fully saturated rings. The number of nitrogens with one attached hydrogen (secondary N) is 2. The first-order valence-corrected chi connectivity index (χ1v) is 8.06. The molecule has 1 amide bonds. The van der Waals surface area contributed by atoms with Gasteiger partial charge in [-0.15, -0.1) is 0 Å². The highest BCUT2D eigenvalue weighted by atomic mass is 16.2. The zero-order valence-corrected chi connectivity index (χ0v) is 12.8. The highest BCUT2D eigenvalue weighted by Crippen LogP contribution is 2.26. The molecule has 1 aromatic carbocycles. The summed E-state index contributed by atoms with van der Waals surface area (Å²) in [7, 11) is 0. The summed E-state index contributed by atoms with van der Waals surface area (Å²) in [4.78, 5) is 14.5. The molecule has 1 aromatic rings. The predicted molar refractivity (Wildman–Crippen MR) is 85.4 cm³/mol. The first-order valence-electron chi connectivity index (χ1n) is 8.06. The zero-order valence-electron chi connectivity index (χ0n) is 12.8. The Morgan fingerprint density at radius 2 is 2.05 bits per heavy atom.